The van der Waals surface area contributed by atoms with Crippen LogP contribution in [0.3, 0.4) is 0 Å². The molecule has 126 valence electrons. The Morgan fingerprint density at radius 3 is 2.48 bits per heavy atom. The van der Waals surface area contributed by atoms with Crippen LogP contribution in [0.1, 0.15) is 33.2 Å². The standard InChI is InChI=1S/C19H15ClN2O3/c1-11(13-5-3-4-6-16(13)20)9-17(23)21-12-7-8-14-15(10-12)19(25)22(2)18(14)24/h3-10H,1-2H3,(H,21,23)/b11-9-. The molecule has 2 aromatic carbocycles. The number of halogens is 1. The van der Waals surface area contributed by atoms with Crippen LogP contribution in [-0.4, -0.2) is 29.7 Å². The Hall–Kier alpha value is -2.92. The third-order valence-corrected chi connectivity index (χ3v) is 4.33. The van der Waals surface area contributed by atoms with Crippen molar-refractivity contribution in [3.8, 4) is 0 Å². The fraction of sp³-hybridized carbons (Fsp3) is 0.105. The van der Waals surface area contributed by atoms with Gasteiger partial charge in [-0.2, -0.15) is 0 Å². The predicted octanol–water partition coefficient (Wildman–Crippen LogP) is 3.61. The molecule has 25 heavy (non-hydrogen) atoms. The molecule has 0 fully saturated rings. The summed E-state index contributed by atoms with van der Waals surface area (Å²) in [5.41, 5.74) is 2.57. The Labute approximate surface area is 149 Å². The summed E-state index contributed by atoms with van der Waals surface area (Å²) in [6.45, 7) is 1.79. The van der Waals surface area contributed by atoms with Crippen LogP contribution in [-0.2, 0) is 4.79 Å². The van der Waals surface area contributed by atoms with Gasteiger partial charge in [0.2, 0.25) is 5.91 Å². The molecule has 0 aromatic heterocycles. The SMILES string of the molecule is C/C(=C/C(=O)Nc1ccc2c(c1)C(=O)N(C)C2=O)c1ccccc1Cl. The minimum absolute atomic E-state index is 0.289. The number of allylic oxidation sites excluding steroid dienone is 1. The fourth-order valence-electron chi connectivity index (χ4n) is 2.67. The average molecular weight is 355 g/mol. The summed E-state index contributed by atoms with van der Waals surface area (Å²) in [6, 6.07) is 11.9. The average Bonchev–Trinajstić information content (AvgIpc) is 2.79. The molecular weight excluding hydrogens is 340 g/mol. The van der Waals surface area contributed by atoms with Crippen molar-refractivity contribution in [3.05, 3.63) is 70.3 Å². The van der Waals surface area contributed by atoms with Crippen molar-refractivity contribution in [1.82, 2.24) is 4.90 Å². The number of hydrogen-bond donors (Lipinski definition) is 1. The first-order valence-corrected chi connectivity index (χ1v) is 7.97. The number of anilines is 1. The highest BCUT2D eigenvalue weighted by Gasteiger charge is 2.32. The summed E-state index contributed by atoms with van der Waals surface area (Å²) in [6.07, 6.45) is 1.44. The van der Waals surface area contributed by atoms with Crippen molar-refractivity contribution in [2.24, 2.45) is 0 Å². The number of carbonyl (C=O) groups is 3. The zero-order valence-corrected chi connectivity index (χ0v) is 14.4. The highest BCUT2D eigenvalue weighted by Crippen LogP contribution is 2.26. The van der Waals surface area contributed by atoms with E-state index in [0.717, 1.165) is 16.0 Å². The number of nitrogens with zero attached hydrogens (tertiary/aromatic N) is 1. The summed E-state index contributed by atoms with van der Waals surface area (Å²) < 4.78 is 0. The second-order valence-electron chi connectivity index (χ2n) is 5.73. The first kappa shape index (κ1) is 16.9. The first-order valence-electron chi connectivity index (χ1n) is 7.59. The maximum atomic E-state index is 12.2. The topological polar surface area (TPSA) is 66.5 Å². The van der Waals surface area contributed by atoms with Gasteiger partial charge in [0.15, 0.2) is 0 Å². The molecule has 5 nitrogen and oxygen atoms in total. The smallest absolute Gasteiger partial charge is 0.261 e. The number of fused-ring (bicyclic) bond motifs is 1. The molecule has 0 saturated heterocycles. The monoisotopic (exact) mass is 354 g/mol. The van der Waals surface area contributed by atoms with Crippen LogP contribution < -0.4 is 5.32 Å². The largest absolute Gasteiger partial charge is 0.322 e. The Kier molecular flexibility index (Phi) is 4.42. The van der Waals surface area contributed by atoms with E-state index < -0.39 is 0 Å². The van der Waals surface area contributed by atoms with Crippen LogP contribution in [0.4, 0.5) is 5.69 Å². The molecule has 1 N–H and O–H groups in total. The van der Waals surface area contributed by atoms with Gasteiger partial charge in [0.05, 0.1) is 11.1 Å². The van der Waals surface area contributed by atoms with E-state index in [1.165, 1.54) is 19.2 Å². The molecule has 0 aliphatic carbocycles. The van der Waals surface area contributed by atoms with Crippen molar-refractivity contribution in [2.75, 3.05) is 12.4 Å². The highest BCUT2D eigenvalue weighted by molar-refractivity contribution is 6.32. The molecule has 0 spiro atoms. The molecule has 0 unspecified atom stereocenters. The summed E-state index contributed by atoms with van der Waals surface area (Å²) in [5.74, 6) is -1.06. The van der Waals surface area contributed by atoms with E-state index in [9.17, 15) is 14.4 Å². The van der Waals surface area contributed by atoms with E-state index >= 15 is 0 Å². The summed E-state index contributed by atoms with van der Waals surface area (Å²) in [7, 11) is 1.43. The Morgan fingerprint density at radius 2 is 1.76 bits per heavy atom. The Bertz CT molecular complexity index is 934. The molecule has 0 atom stereocenters. The minimum atomic E-state index is -0.376. The van der Waals surface area contributed by atoms with Gasteiger partial charge in [-0.1, -0.05) is 29.8 Å². The molecule has 0 radical (unpaired) electrons. The lowest BCUT2D eigenvalue weighted by molar-refractivity contribution is -0.111. The Balaban J connectivity index is 1.81. The van der Waals surface area contributed by atoms with Gasteiger partial charge in [-0.15, -0.1) is 0 Å². The van der Waals surface area contributed by atoms with Gasteiger partial charge in [0.1, 0.15) is 0 Å². The zero-order valence-electron chi connectivity index (χ0n) is 13.7. The summed E-state index contributed by atoms with van der Waals surface area (Å²) in [4.78, 5) is 37.2. The number of rotatable bonds is 3. The number of imide groups is 1. The van der Waals surface area contributed by atoms with Gasteiger partial charge >= 0.3 is 0 Å². The zero-order chi connectivity index (χ0) is 18.1. The lowest BCUT2D eigenvalue weighted by Crippen LogP contribution is -2.24. The third-order valence-electron chi connectivity index (χ3n) is 4.00. The van der Waals surface area contributed by atoms with Crippen LogP contribution in [0.5, 0.6) is 0 Å². The van der Waals surface area contributed by atoms with Crippen molar-refractivity contribution < 1.29 is 14.4 Å². The van der Waals surface area contributed by atoms with Crippen LogP contribution in [0.25, 0.3) is 5.57 Å². The number of nitrogens with one attached hydrogen (secondary N) is 1. The quantitative estimate of drug-likeness (QED) is 0.676. The van der Waals surface area contributed by atoms with Crippen LogP contribution in [0, 0.1) is 0 Å². The molecule has 2 aromatic rings. The summed E-state index contributed by atoms with van der Waals surface area (Å²) in [5, 5.41) is 3.27. The molecule has 6 heteroatoms. The van der Waals surface area contributed by atoms with Gasteiger partial charge < -0.3 is 5.32 Å². The lowest BCUT2D eigenvalue weighted by Gasteiger charge is -2.06. The lowest BCUT2D eigenvalue weighted by atomic mass is 10.1. The van der Waals surface area contributed by atoms with E-state index in [1.54, 1.807) is 25.1 Å². The predicted molar refractivity (Wildman–Crippen MR) is 96.6 cm³/mol. The normalized spacial score (nSPS) is 13.9. The van der Waals surface area contributed by atoms with Crippen LogP contribution >= 0.6 is 11.6 Å². The van der Waals surface area contributed by atoms with Crippen molar-refractivity contribution in [1.29, 1.82) is 0 Å². The molecular formula is C19H15ClN2O3. The fourth-order valence-corrected chi connectivity index (χ4v) is 2.96. The van der Waals surface area contributed by atoms with E-state index in [4.69, 9.17) is 11.6 Å². The van der Waals surface area contributed by atoms with E-state index in [1.807, 2.05) is 18.2 Å². The Morgan fingerprint density at radius 1 is 1.08 bits per heavy atom. The van der Waals surface area contributed by atoms with Crippen LogP contribution in [0.2, 0.25) is 5.02 Å². The van der Waals surface area contributed by atoms with Crippen LogP contribution in [0.15, 0.2) is 48.5 Å². The third kappa shape index (κ3) is 3.19. The number of amides is 3. The van der Waals surface area contributed by atoms with E-state index in [2.05, 4.69) is 5.32 Å². The second-order valence-corrected chi connectivity index (χ2v) is 6.13. The molecule has 3 amide bonds. The van der Waals surface area contributed by atoms with Crippen molar-refractivity contribution in [3.63, 3.8) is 0 Å². The molecule has 1 heterocycles. The first-order chi connectivity index (χ1) is 11.9. The summed E-state index contributed by atoms with van der Waals surface area (Å²) >= 11 is 6.12. The van der Waals surface area contributed by atoms with Gasteiger partial charge in [0.25, 0.3) is 11.8 Å². The molecule has 3 rings (SSSR count). The number of benzene rings is 2. The maximum absolute atomic E-state index is 12.2. The van der Waals surface area contributed by atoms with E-state index in [-0.39, 0.29) is 23.3 Å². The van der Waals surface area contributed by atoms with Gasteiger partial charge in [-0.25, -0.2) is 0 Å². The minimum Gasteiger partial charge on any atom is -0.322 e. The van der Waals surface area contributed by atoms with Gasteiger partial charge in [0, 0.05) is 23.8 Å². The molecule has 1 aliphatic heterocycles. The number of carbonyl (C=O) groups excluding carboxylic acids is 3. The van der Waals surface area contributed by atoms with Crippen molar-refractivity contribution in [2.45, 2.75) is 6.92 Å². The van der Waals surface area contributed by atoms with E-state index in [0.29, 0.717) is 16.3 Å². The van der Waals surface area contributed by atoms with Crippen molar-refractivity contribution >= 4 is 40.6 Å². The molecule has 0 bridgehead atoms. The highest BCUT2D eigenvalue weighted by atomic mass is 35.5. The molecule has 0 saturated carbocycles. The van der Waals surface area contributed by atoms with Gasteiger partial charge in [-0.05, 0) is 42.3 Å². The maximum Gasteiger partial charge on any atom is 0.261 e. The molecule has 1 aliphatic rings. The second kappa shape index (κ2) is 6.53. The number of hydrogen-bond acceptors (Lipinski definition) is 3. The van der Waals surface area contributed by atoms with Gasteiger partial charge in [-0.3, -0.25) is 19.3 Å².